The standard InChI is InChI=1S/C14H17BrO2/c1-4-11(9(2)10(3)16)14(17)12-7-5-6-8-13(12)15/h5-9,11H,4H2,1-3H3. The fourth-order valence-corrected chi connectivity index (χ4v) is 2.39. The van der Waals surface area contributed by atoms with Gasteiger partial charge in [-0.2, -0.15) is 0 Å². The van der Waals surface area contributed by atoms with Crippen molar-refractivity contribution < 1.29 is 9.59 Å². The van der Waals surface area contributed by atoms with Gasteiger partial charge in [0.15, 0.2) is 5.78 Å². The Labute approximate surface area is 111 Å². The molecule has 0 aliphatic rings. The second-order valence-electron chi connectivity index (χ2n) is 4.26. The second kappa shape index (κ2) is 6.10. The van der Waals surface area contributed by atoms with Crippen LogP contribution in [0.5, 0.6) is 0 Å². The monoisotopic (exact) mass is 296 g/mol. The molecule has 1 aromatic rings. The Kier molecular flexibility index (Phi) is 5.06. The van der Waals surface area contributed by atoms with E-state index < -0.39 is 0 Å². The lowest BCUT2D eigenvalue weighted by molar-refractivity contribution is -0.121. The van der Waals surface area contributed by atoms with Gasteiger partial charge in [-0.3, -0.25) is 9.59 Å². The van der Waals surface area contributed by atoms with Crippen LogP contribution in [-0.4, -0.2) is 11.6 Å². The molecule has 2 atom stereocenters. The van der Waals surface area contributed by atoms with E-state index in [1.165, 1.54) is 0 Å². The van der Waals surface area contributed by atoms with Crippen LogP contribution in [0.4, 0.5) is 0 Å². The van der Waals surface area contributed by atoms with E-state index in [0.29, 0.717) is 12.0 Å². The average molecular weight is 297 g/mol. The van der Waals surface area contributed by atoms with E-state index in [2.05, 4.69) is 15.9 Å². The lowest BCUT2D eigenvalue weighted by Gasteiger charge is -2.19. The van der Waals surface area contributed by atoms with Crippen molar-refractivity contribution in [2.45, 2.75) is 27.2 Å². The molecule has 0 fully saturated rings. The van der Waals surface area contributed by atoms with E-state index in [9.17, 15) is 9.59 Å². The smallest absolute Gasteiger partial charge is 0.167 e. The SMILES string of the molecule is CCC(C(=O)c1ccccc1Br)C(C)C(C)=O. The van der Waals surface area contributed by atoms with Crippen molar-refractivity contribution in [1.82, 2.24) is 0 Å². The number of benzene rings is 1. The maximum atomic E-state index is 12.4. The Balaban J connectivity index is 3.02. The van der Waals surface area contributed by atoms with Gasteiger partial charge in [0.25, 0.3) is 0 Å². The number of carbonyl (C=O) groups excluding carboxylic acids is 2. The lowest BCUT2D eigenvalue weighted by atomic mass is 9.83. The van der Waals surface area contributed by atoms with Gasteiger partial charge in [-0.05, 0) is 19.4 Å². The highest BCUT2D eigenvalue weighted by Crippen LogP contribution is 2.25. The fourth-order valence-electron chi connectivity index (χ4n) is 1.91. The van der Waals surface area contributed by atoms with Crippen LogP contribution in [0.1, 0.15) is 37.6 Å². The van der Waals surface area contributed by atoms with Crippen molar-refractivity contribution in [3.05, 3.63) is 34.3 Å². The van der Waals surface area contributed by atoms with Crippen molar-refractivity contribution in [1.29, 1.82) is 0 Å². The predicted octanol–water partition coefficient (Wildman–Crippen LogP) is 3.88. The Morgan fingerprint density at radius 2 is 1.88 bits per heavy atom. The zero-order valence-corrected chi connectivity index (χ0v) is 12.0. The van der Waals surface area contributed by atoms with Gasteiger partial charge in [-0.1, -0.05) is 48.0 Å². The van der Waals surface area contributed by atoms with Gasteiger partial charge in [0, 0.05) is 21.9 Å². The normalized spacial score (nSPS) is 14.1. The Hall–Kier alpha value is -0.960. The van der Waals surface area contributed by atoms with Gasteiger partial charge in [0.2, 0.25) is 0 Å². The molecule has 1 aromatic carbocycles. The molecule has 1 rings (SSSR count). The van der Waals surface area contributed by atoms with Crippen molar-refractivity contribution in [2.24, 2.45) is 11.8 Å². The molecule has 0 saturated carbocycles. The number of hydrogen-bond acceptors (Lipinski definition) is 2. The summed E-state index contributed by atoms with van der Waals surface area (Å²) < 4.78 is 0.791. The van der Waals surface area contributed by atoms with Crippen LogP contribution in [0.15, 0.2) is 28.7 Å². The summed E-state index contributed by atoms with van der Waals surface area (Å²) in [5.74, 6) is -0.342. The second-order valence-corrected chi connectivity index (χ2v) is 5.11. The number of carbonyl (C=O) groups is 2. The van der Waals surface area contributed by atoms with E-state index >= 15 is 0 Å². The Morgan fingerprint density at radius 1 is 1.29 bits per heavy atom. The van der Waals surface area contributed by atoms with Crippen LogP contribution >= 0.6 is 15.9 Å². The van der Waals surface area contributed by atoms with Crippen molar-refractivity contribution in [3.8, 4) is 0 Å². The van der Waals surface area contributed by atoms with Crippen LogP contribution < -0.4 is 0 Å². The molecule has 0 aliphatic carbocycles. The predicted molar refractivity (Wildman–Crippen MR) is 72.1 cm³/mol. The first-order valence-electron chi connectivity index (χ1n) is 5.78. The summed E-state index contributed by atoms with van der Waals surface area (Å²) in [6, 6.07) is 7.35. The first kappa shape index (κ1) is 14.1. The fraction of sp³-hybridized carbons (Fsp3) is 0.429. The minimum atomic E-state index is -0.230. The lowest BCUT2D eigenvalue weighted by Crippen LogP contribution is -2.26. The third-order valence-electron chi connectivity index (χ3n) is 3.16. The van der Waals surface area contributed by atoms with Crippen LogP contribution in [-0.2, 0) is 4.79 Å². The van der Waals surface area contributed by atoms with Gasteiger partial charge in [0.1, 0.15) is 5.78 Å². The van der Waals surface area contributed by atoms with Crippen LogP contribution in [0.25, 0.3) is 0 Å². The van der Waals surface area contributed by atoms with Gasteiger partial charge >= 0.3 is 0 Å². The highest BCUT2D eigenvalue weighted by molar-refractivity contribution is 9.10. The average Bonchev–Trinajstić information content (AvgIpc) is 2.30. The summed E-state index contributed by atoms with van der Waals surface area (Å²) in [5.41, 5.74) is 0.660. The van der Waals surface area contributed by atoms with Gasteiger partial charge in [-0.25, -0.2) is 0 Å². The Morgan fingerprint density at radius 3 is 2.35 bits per heavy atom. The third-order valence-corrected chi connectivity index (χ3v) is 3.85. The summed E-state index contributed by atoms with van der Waals surface area (Å²) in [6.07, 6.45) is 0.681. The molecule has 0 bridgehead atoms. The molecule has 92 valence electrons. The molecule has 17 heavy (non-hydrogen) atoms. The molecule has 0 amide bonds. The first-order valence-corrected chi connectivity index (χ1v) is 6.57. The molecule has 2 unspecified atom stereocenters. The molecule has 0 radical (unpaired) electrons. The molecule has 3 heteroatoms. The van der Waals surface area contributed by atoms with E-state index in [1.807, 2.05) is 32.0 Å². The zero-order chi connectivity index (χ0) is 13.0. The highest BCUT2D eigenvalue weighted by Gasteiger charge is 2.28. The molecule has 0 spiro atoms. The highest BCUT2D eigenvalue weighted by atomic mass is 79.9. The maximum Gasteiger partial charge on any atom is 0.167 e. The number of halogens is 1. The van der Waals surface area contributed by atoms with Crippen molar-refractivity contribution in [2.75, 3.05) is 0 Å². The number of Topliss-reactive ketones (excluding diaryl/α,β-unsaturated/α-hetero) is 2. The summed E-state index contributed by atoms with van der Waals surface area (Å²) >= 11 is 3.37. The van der Waals surface area contributed by atoms with Crippen LogP contribution in [0.2, 0.25) is 0 Å². The number of ketones is 2. The van der Waals surface area contributed by atoms with Crippen molar-refractivity contribution >= 4 is 27.5 Å². The summed E-state index contributed by atoms with van der Waals surface area (Å²) in [5, 5.41) is 0. The molecule has 0 aliphatic heterocycles. The van der Waals surface area contributed by atoms with Crippen LogP contribution in [0.3, 0.4) is 0 Å². The van der Waals surface area contributed by atoms with Crippen molar-refractivity contribution in [3.63, 3.8) is 0 Å². The number of rotatable bonds is 5. The molecular weight excluding hydrogens is 280 g/mol. The van der Waals surface area contributed by atoms with E-state index in [1.54, 1.807) is 13.0 Å². The summed E-state index contributed by atoms with van der Waals surface area (Å²) in [4.78, 5) is 23.8. The molecule has 0 N–H and O–H groups in total. The number of hydrogen-bond donors (Lipinski definition) is 0. The van der Waals surface area contributed by atoms with Gasteiger partial charge in [0.05, 0.1) is 0 Å². The molecule has 0 saturated heterocycles. The van der Waals surface area contributed by atoms with Crippen LogP contribution in [0, 0.1) is 11.8 Å². The van der Waals surface area contributed by atoms with E-state index in [-0.39, 0.29) is 23.4 Å². The molecule has 0 heterocycles. The quantitative estimate of drug-likeness (QED) is 0.773. The molecule has 2 nitrogen and oxygen atoms in total. The minimum Gasteiger partial charge on any atom is -0.300 e. The zero-order valence-electron chi connectivity index (χ0n) is 10.4. The first-order chi connectivity index (χ1) is 7.99. The Bertz CT molecular complexity index is 426. The van der Waals surface area contributed by atoms with E-state index in [0.717, 1.165) is 4.47 Å². The summed E-state index contributed by atoms with van der Waals surface area (Å²) in [6.45, 7) is 5.31. The molecule has 0 aromatic heterocycles. The minimum absolute atomic E-state index is 0.0441. The maximum absolute atomic E-state index is 12.4. The third kappa shape index (κ3) is 3.25. The topological polar surface area (TPSA) is 34.1 Å². The van der Waals surface area contributed by atoms with E-state index in [4.69, 9.17) is 0 Å². The van der Waals surface area contributed by atoms with Gasteiger partial charge in [-0.15, -0.1) is 0 Å². The summed E-state index contributed by atoms with van der Waals surface area (Å²) in [7, 11) is 0. The van der Waals surface area contributed by atoms with Gasteiger partial charge < -0.3 is 0 Å². The largest absolute Gasteiger partial charge is 0.300 e. The molecular formula is C14H17BrO2.